The van der Waals surface area contributed by atoms with Gasteiger partial charge in [-0.2, -0.15) is 0 Å². The number of carbonyl (C=O) groups excluding carboxylic acids is 1. The zero-order chi connectivity index (χ0) is 13.7. The molecule has 0 aliphatic heterocycles. The van der Waals surface area contributed by atoms with E-state index in [0.29, 0.717) is 23.6 Å². The van der Waals surface area contributed by atoms with Gasteiger partial charge in [-0.05, 0) is 42.0 Å². The fourth-order valence-electron chi connectivity index (χ4n) is 1.59. The van der Waals surface area contributed by atoms with E-state index in [1.807, 2.05) is 12.1 Å². The predicted molar refractivity (Wildman–Crippen MR) is 72.3 cm³/mol. The molecule has 4 nitrogen and oxygen atoms in total. The number of hydrogen-bond acceptors (Lipinski definition) is 4. The Kier molecular flexibility index (Phi) is 4.15. The smallest absolute Gasteiger partial charge is 0.343 e. The highest BCUT2D eigenvalue weighted by Crippen LogP contribution is 2.18. The summed E-state index contributed by atoms with van der Waals surface area (Å²) in [5, 5.41) is 0. The van der Waals surface area contributed by atoms with Crippen molar-refractivity contribution < 1.29 is 14.3 Å². The molecule has 0 heterocycles. The Balaban J connectivity index is 2.06. The Hall–Kier alpha value is -2.33. The lowest BCUT2D eigenvalue weighted by Gasteiger charge is -2.06. The highest BCUT2D eigenvalue weighted by atomic mass is 16.5. The van der Waals surface area contributed by atoms with E-state index in [-0.39, 0.29) is 0 Å². The van der Waals surface area contributed by atoms with Gasteiger partial charge in [-0.1, -0.05) is 12.1 Å². The molecule has 0 radical (unpaired) electrons. The number of hydrogen-bond donors (Lipinski definition) is 1. The summed E-state index contributed by atoms with van der Waals surface area (Å²) >= 11 is 0. The molecule has 0 bridgehead atoms. The van der Waals surface area contributed by atoms with Crippen molar-refractivity contribution >= 4 is 5.97 Å². The van der Waals surface area contributed by atoms with Crippen molar-refractivity contribution in [2.24, 2.45) is 5.73 Å². The van der Waals surface area contributed by atoms with Crippen LogP contribution in [0.25, 0.3) is 0 Å². The average Bonchev–Trinajstić information content (AvgIpc) is 2.48. The molecule has 0 spiro atoms. The zero-order valence-electron chi connectivity index (χ0n) is 10.6. The van der Waals surface area contributed by atoms with Crippen molar-refractivity contribution in [1.29, 1.82) is 0 Å². The summed E-state index contributed by atoms with van der Waals surface area (Å²) in [7, 11) is 1.58. The molecule has 0 amide bonds. The van der Waals surface area contributed by atoms with Crippen molar-refractivity contribution in [2.45, 2.75) is 6.54 Å². The maximum Gasteiger partial charge on any atom is 0.343 e. The maximum atomic E-state index is 11.9. The number of esters is 1. The van der Waals surface area contributed by atoms with Crippen LogP contribution in [0.4, 0.5) is 0 Å². The summed E-state index contributed by atoms with van der Waals surface area (Å²) in [5.74, 6) is 0.800. The van der Waals surface area contributed by atoms with Gasteiger partial charge in [0.2, 0.25) is 0 Å². The average molecular weight is 257 g/mol. The molecular formula is C15H15NO3. The van der Waals surface area contributed by atoms with E-state index >= 15 is 0 Å². The van der Waals surface area contributed by atoms with Crippen LogP contribution < -0.4 is 15.2 Å². The molecule has 2 N–H and O–H groups in total. The van der Waals surface area contributed by atoms with E-state index < -0.39 is 5.97 Å². The SMILES string of the molecule is COc1ccc(OC(=O)c2ccc(CN)cc2)cc1. The van der Waals surface area contributed by atoms with Crippen molar-refractivity contribution in [3.63, 3.8) is 0 Å². The van der Waals surface area contributed by atoms with Gasteiger partial charge in [-0.15, -0.1) is 0 Å². The summed E-state index contributed by atoms with van der Waals surface area (Å²) in [6.07, 6.45) is 0. The van der Waals surface area contributed by atoms with Crippen molar-refractivity contribution in [3.8, 4) is 11.5 Å². The molecule has 0 aliphatic carbocycles. The first-order valence-corrected chi connectivity index (χ1v) is 5.88. The van der Waals surface area contributed by atoms with Crippen LogP contribution in [-0.4, -0.2) is 13.1 Å². The standard InChI is InChI=1S/C15H15NO3/c1-18-13-6-8-14(9-7-13)19-15(17)12-4-2-11(10-16)3-5-12/h2-9H,10,16H2,1H3. The van der Waals surface area contributed by atoms with Gasteiger partial charge in [0.15, 0.2) is 0 Å². The maximum absolute atomic E-state index is 11.9. The number of nitrogens with two attached hydrogens (primary N) is 1. The number of ether oxygens (including phenoxy) is 2. The third kappa shape index (κ3) is 3.33. The summed E-state index contributed by atoms with van der Waals surface area (Å²) in [6.45, 7) is 0.452. The van der Waals surface area contributed by atoms with Crippen LogP contribution >= 0.6 is 0 Å². The minimum absolute atomic E-state index is 0.395. The first-order valence-electron chi connectivity index (χ1n) is 5.88. The lowest BCUT2D eigenvalue weighted by molar-refractivity contribution is 0.0734. The minimum atomic E-state index is -0.395. The van der Waals surface area contributed by atoms with Crippen LogP contribution in [0.15, 0.2) is 48.5 Å². The van der Waals surface area contributed by atoms with E-state index in [0.717, 1.165) is 5.56 Å². The number of benzene rings is 2. The lowest BCUT2D eigenvalue weighted by Crippen LogP contribution is -2.08. The van der Waals surface area contributed by atoms with Crippen LogP contribution in [0.3, 0.4) is 0 Å². The topological polar surface area (TPSA) is 61.5 Å². The summed E-state index contributed by atoms with van der Waals surface area (Å²) in [4.78, 5) is 11.9. The zero-order valence-corrected chi connectivity index (χ0v) is 10.6. The third-order valence-electron chi connectivity index (χ3n) is 2.70. The fraction of sp³-hybridized carbons (Fsp3) is 0.133. The van der Waals surface area contributed by atoms with Crippen LogP contribution in [-0.2, 0) is 6.54 Å². The second-order valence-corrected chi connectivity index (χ2v) is 3.97. The second-order valence-electron chi connectivity index (χ2n) is 3.97. The van der Waals surface area contributed by atoms with E-state index in [2.05, 4.69) is 0 Å². The van der Waals surface area contributed by atoms with E-state index in [1.165, 1.54) is 0 Å². The largest absolute Gasteiger partial charge is 0.497 e. The molecule has 0 aliphatic rings. The molecule has 19 heavy (non-hydrogen) atoms. The van der Waals surface area contributed by atoms with E-state index in [1.54, 1.807) is 43.5 Å². The first-order chi connectivity index (χ1) is 9.22. The second kappa shape index (κ2) is 6.02. The van der Waals surface area contributed by atoms with Gasteiger partial charge in [-0.25, -0.2) is 4.79 Å². The quantitative estimate of drug-likeness (QED) is 0.674. The molecule has 2 aromatic rings. The molecule has 2 rings (SSSR count). The van der Waals surface area contributed by atoms with Crippen molar-refractivity contribution in [3.05, 3.63) is 59.7 Å². The summed E-state index contributed by atoms with van der Waals surface area (Å²) in [5.41, 5.74) is 6.97. The minimum Gasteiger partial charge on any atom is -0.497 e. The molecule has 0 saturated heterocycles. The van der Waals surface area contributed by atoms with Gasteiger partial charge in [0, 0.05) is 6.54 Å². The molecule has 0 saturated carbocycles. The highest BCUT2D eigenvalue weighted by Gasteiger charge is 2.08. The summed E-state index contributed by atoms with van der Waals surface area (Å²) in [6, 6.07) is 13.9. The Labute approximate surface area is 111 Å². The predicted octanol–water partition coefficient (Wildman–Crippen LogP) is 2.37. The molecule has 0 atom stereocenters. The van der Waals surface area contributed by atoms with Crippen molar-refractivity contribution in [1.82, 2.24) is 0 Å². The highest BCUT2D eigenvalue weighted by molar-refractivity contribution is 5.91. The number of carbonyl (C=O) groups is 1. The van der Waals surface area contributed by atoms with E-state index in [4.69, 9.17) is 15.2 Å². The molecule has 98 valence electrons. The fourth-order valence-corrected chi connectivity index (χ4v) is 1.59. The van der Waals surface area contributed by atoms with Crippen LogP contribution in [0.5, 0.6) is 11.5 Å². The molecule has 0 fully saturated rings. The Morgan fingerprint density at radius 2 is 1.58 bits per heavy atom. The molecule has 2 aromatic carbocycles. The summed E-state index contributed by atoms with van der Waals surface area (Å²) < 4.78 is 10.3. The van der Waals surface area contributed by atoms with Crippen LogP contribution in [0, 0.1) is 0 Å². The Morgan fingerprint density at radius 3 is 2.11 bits per heavy atom. The first kappa shape index (κ1) is 13.1. The Morgan fingerprint density at radius 1 is 1.00 bits per heavy atom. The van der Waals surface area contributed by atoms with Gasteiger partial charge < -0.3 is 15.2 Å². The number of methoxy groups -OCH3 is 1. The monoisotopic (exact) mass is 257 g/mol. The normalized spacial score (nSPS) is 10.0. The van der Waals surface area contributed by atoms with Gasteiger partial charge in [0.25, 0.3) is 0 Å². The lowest BCUT2D eigenvalue weighted by atomic mass is 10.1. The molecular weight excluding hydrogens is 242 g/mol. The molecule has 4 heteroatoms. The van der Waals surface area contributed by atoms with Crippen LogP contribution in [0.2, 0.25) is 0 Å². The van der Waals surface area contributed by atoms with Crippen molar-refractivity contribution in [2.75, 3.05) is 7.11 Å². The molecule has 0 aromatic heterocycles. The van der Waals surface area contributed by atoms with Gasteiger partial charge in [-0.3, -0.25) is 0 Å². The van der Waals surface area contributed by atoms with E-state index in [9.17, 15) is 4.79 Å². The van der Waals surface area contributed by atoms with Gasteiger partial charge in [0.1, 0.15) is 11.5 Å². The van der Waals surface area contributed by atoms with Gasteiger partial charge >= 0.3 is 5.97 Å². The van der Waals surface area contributed by atoms with Crippen LogP contribution in [0.1, 0.15) is 15.9 Å². The number of rotatable bonds is 4. The Bertz CT molecular complexity index is 547. The van der Waals surface area contributed by atoms with Gasteiger partial charge in [0.05, 0.1) is 12.7 Å². The molecule has 0 unspecified atom stereocenters. The third-order valence-corrected chi connectivity index (χ3v) is 2.70.